The maximum atomic E-state index is 12.7. The molecule has 6 nitrogen and oxygen atoms in total. The molecular formula is C20H25N3O3S. The van der Waals surface area contributed by atoms with Crippen LogP contribution in [0.2, 0.25) is 0 Å². The smallest absolute Gasteiger partial charge is 0.310 e. The summed E-state index contributed by atoms with van der Waals surface area (Å²) < 4.78 is 7.11. The minimum absolute atomic E-state index is 0.0355. The molecule has 1 aliphatic rings. The van der Waals surface area contributed by atoms with Gasteiger partial charge in [-0.15, -0.1) is 0 Å². The third-order valence-electron chi connectivity index (χ3n) is 4.70. The monoisotopic (exact) mass is 387 g/mol. The van der Waals surface area contributed by atoms with Gasteiger partial charge < -0.3 is 9.64 Å². The summed E-state index contributed by atoms with van der Waals surface area (Å²) in [6.07, 6.45) is 5.27. The molecule has 1 saturated heterocycles. The Balaban J connectivity index is 1.61. The highest BCUT2D eigenvalue weighted by atomic mass is 32.2. The van der Waals surface area contributed by atoms with Crippen LogP contribution in [-0.2, 0) is 14.3 Å². The van der Waals surface area contributed by atoms with E-state index in [1.807, 2.05) is 29.0 Å². The second kappa shape index (κ2) is 9.08. The summed E-state index contributed by atoms with van der Waals surface area (Å²) in [7, 11) is 0. The Hall–Kier alpha value is -2.28. The lowest BCUT2D eigenvalue weighted by molar-refractivity contribution is -0.151. The van der Waals surface area contributed by atoms with Crippen molar-refractivity contribution in [3.8, 4) is 5.69 Å². The van der Waals surface area contributed by atoms with Crippen molar-refractivity contribution in [2.75, 3.05) is 25.4 Å². The highest BCUT2D eigenvalue weighted by Crippen LogP contribution is 2.24. The summed E-state index contributed by atoms with van der Waals surface area (Å²) in [5.74, 6) is -0.0639. The second-order valence-electron chi connectivity index (χ2n) is 6.59. The van der Waals surface area contributed by atoms with Crippen molar-refractivity contribution in [1.29, 1.82) is 0 Å². The molecule has 1 aromatic heterocycles. The maximum absolute atomic E-state index is 12.7. The molecule has 1 unspecified atom stereocenters. The molecule has 2 heterocycles. The third kappa shape index (κ3) is 4.71. The summed E-state index contributed by atoms with van der Waals surface area (Å²) >= 11 is 1.42. The van der Waals surface area contributed by atoms with Gasteiger partial charge in [0.05, 0.1) is 24.0 Å². The van der Waals surface area contributed by atoms with Crippen LogP contribution in [-0.4, -0.2) is 51.8 Å². The van der Waals surface area contributed by atoms with Crippen LogP contribution < -0.4 is 0 Å². The number of piperidine rings is 1. The van der Waals surface area contributed by atoms with Crippen molar-refractivity contribution in [2.45, 2.75) is 31.8 Å². The molecule has 27 heavy (non-hydrogen) atoms. The number of hydrogen-bond donors (Lipinski definition) is 0. The Labute approximate surface area is 163 Å². The standard InChI is InChI=1S/C20H25N3O3S/c1-3-26-19(25)16-8-6-11-22(13-16)18(24)14-27-20-21-10-12-23(20)17-9-5-4-7-15(17)2/h4-5,7,9-10,12,16H,3,6,8,11,13-14H2,1-2H3. The van der Waals surface area contributed by atoms with Crippen molar-refractivity contribution < 1.29 is 14.3 Å². The normalized spacial score (nSPS) is 17.0. The van der Waals surface area contributed by atoms with Crippen LogP contribution in [0.25, 0.3) is 5.69 Å². The van der Waals surface area contributed by atoms with Gasteiger partial charge in [0, 0.05) is 25.5 Å². The van der Waals surface area contributed by atoms with Gasteiger partial charge in [-0.05, 0) is 38.3 Å². The first kappa shape index (κ1) is 19.5. The van der Waals surface area contributed by atoms with Crippen LogP contribution in [0.3, 0.4) is 0 Å². The molecule has 2 aromatic rings. The van der Waals surface area contributed by atoms with E-state index in [2.05, 4.69) is 18.0 Å². The number of benzene rings is 1. The summed E-state index contributed by atoms with van der Waals surface area (Å²) in [5, 5.41) is 0.789. The number of carbonyl (C=O) groups is 2. The lowest BCUT2D eigenvalue weighted by Crippen LogP contribution is -2.43. The number of nitrogens with zero attached hydrogens (tertiary/aromatic N) is 3. The molecule has 0 radical (unpaired) electrons. The first-order valence-electron chi connectivity index (χ1n) is 9.26. The van der Waals surface area contributed by atoms with Gasteiger partial charge in [0.15, 0.2) is 5.16 Å². The van der Waals surface area contributed by atoms with E-state index < -0.39 is 0 Å². The van der Waals surface area contributed by atoms with Crippen molar-refractivity contribution in [3.05, 3.63) is 42.2 Å². The van der Waals surface area contributed by atoms with Crippen LogP contribution >= 0.6 is 11.8 Å². The quantitative estimate of drug-likeness (QED) is 0.563. The van der Waals surface area contributed by atoms with Crippen LogP contribution in [0.5, 0.6) is 0 Å². The van der Waals surface area contributed by atoms with E-state index in [0.717, 1.165) is 29.2 Å². The van der Waals surface area contributed by atoms with E-state index in [0.29, 0.717) is 25.4 Å². The molecule has 1 atom stereocenters. The number of hydrogen-bond acceptors (Lipinski definition) is 5. The number of imidazole rings is 1. The van der Waals surface area contributed by atoms with E-state index in [1.54, 1.807) is 18.0 Å². The summed E-state index contributed by atoms with van der Waals surface area (Å²) in [5.41, 5.74) is 2.21. The minimum Gasteiger partial charge on any atom is -0.466 e. The van der Waals surface area contributed by atoms with Crippen LogP contribution in [0, 0.1) is 12.8 Å². The molecule has 7 heteroatoms. The van der Waals surface area contributed by atoms with Crippen molar-refractivity contribution in [1.82, 2.24) is 14.5 Å². The molecule has 1 aromatic carbocycles. The van der Waals surface area contributed by atoms with Gasteiger partial charge in [-0.1, -0.05) is 30.0 Å². The molecule has 144 valence electrons. The molecule has 3 rings (SSSR count). The number of para-hydroxylation sites is 1. The number of carbonyl (C=O) groups excluding carboxylic acids is 2. The van der Waals surface area contributed by atoms with Crippen LogP contribution in [0.1, 0.15) is 25.3 Å². The van der Waals surface area contributed by atoms with Gasteiger partial charge in [-0.2, -0.15) is 0 Å². The second-order valence-corrected chi connectivity index (χ2v) is 7.53. The predicted molar refractivity (Wildman–Crippen MR) is 105 cm³/mol. The lowest BCUT2D eigenvalue weighted by atomic mass is 9.98. The van der Waals surface area contributed by atoms with Crippen LogP contribution in [0.4, 0.5) is 0 Å². The Morgan fingerprint density at radius 3 is 2.93 bits per heavy atom. The molecular weight excluding hydrogens is 362 g/mol. The van der Waals surface area contributed by atoms with Gasteiger partial charge in [-0.25, -0.2) is 4.98 Å². The van der Waals surface area contributed by atoms with E-state index in [4.69, 9.17) is 4.74 Å². The maximum Gasteiger partial charge on any atom is 0.310 e. The van der Waals surface area contributed by atoms with Gasteiger partial charge in [0.1, 0.15) is 0 Å². The van der Waals surface area contributed by atoms with Gasteiger partial charge in [-0.3, -0.25) is 14.2 Å². The highest BCUT2D eigenvalue weighted by molar-refractivity contribution is 7.99. The van der Waals surface area contributed by atoms with Gasteiger partial charge in [0.25, 0.3) is 0 Å². The average molecular weight is 388 g/mol. The number of aryl methyl sites for hydroxylation is 1. The van der Waals surface area contributed by atoms with Crippen molar-refractivity contribution >= 4 is 23.6 Å². The van der Waals surface area contributed by atoms with E-state index in [9.17, 15) is 9.59 Å². The molecule has 0 bridgehead atoms. The number of aromatic nitrogens is 2. The zero-order valence-corrected chi connectivity index (χ0v) is 16.6. The van der Waals surface area contributed by atoms with Gasteiger partial charge >= 0.3 is 5.97 Å². The Morgan fingerprint density at radius 1 is 1.33 bits per heavy atom. The molecule has 0 aliphatic carbocycles. The summed E-state index contributed by atoms with van der Waals surface area (Å²) in [4.78, 5) is 30.8. The van der Waals surface area contributed by atoms with Crippen molar-refractivity contribution in [2.24, 2.45) is 5.92 Å². The fourth-order valence-corrected chi connectivity index (χ4v) is 4.16. The third-order valence-corrected chi connectivity index (χ3v) is 5.65. The highest BCUT2D eigenvalue weighted by Gasteiger charge is 2.29. The van der Waals surface area contributed by atoms with Gasteiger partial charge in [0.2, 0.25) is 5.91 Å². The molecule has 0 N–H and O–H groups in total. The average Bonchev–Trinajstić information content (AvgIpc) is 3.15. The molecule has 0 saturated carbocycles. The number of rotatable bonds is 6. The Morgan fingerprint density at radius 2 is 2.15 bits per heavy atom. The number of likely N-dealkylation sites (tertiary alicyclic amines) is 1. The van der Waals surface area contributed by atoms with E-state index in [-0.39, 0.29) is 17.8 Å². The Kier molecular flexibility index (Phi) is 6.55. The van der Waals surface area contributed by atoms with Crippen LogP contribution in [0.15, 0.2) is 41.8 Å². The number of amides is 1. The van der Waals surface area contributed by atoms with E-state index in [1.165, 1.54) is 11.8 Å². The topological polar surface area (TPSA) is 64.4 Å². The number of esters is 1. The van der Waals surface area contributed by atoms with Crippen molar-refractivity contribution in [3.63, 3.8) is 0 Å². The molecule has 1 amide bonds. The minimum atomic E-state index is -0.207. The zero-order chi connectivity index (χ0) is 19.2. The SMILES string of the molecule is CCOC(=O)C1CCCN(C(=O)CSc2nccn2-c2ccccc2C)C1. The fourth-order valence-electron chi connectivity index (χ4n) is 3.29. The lowest BCUT2D eigenvalue weighted by Gasteiger charge is -2.31. The first-order chi connectivity index (χ1) is 13.1. The first-order valence-corrected chi connectivity index (χ1v) is 10.2. The summed E-state index contributed by atoms with van der Waals surface area (Å²) in [6.45, 7) is 5.38. The predicted octanol–water partition coefficient (Wildman–Crippen LogP) is 3.07. The molecule has 1 aliphatic heterocycles. The number of ether oxygens (including phenoxy) is 1. The number of thioether (sulfide) groups is 1. The fraction of sp³-hybridized carbons (Fsp3) is 0.450. The molecule has 1 fully saturated rings. The largest absolute Gasteiger partial charge is 0.466 e. The molecule has 0 spiro atoms. The Bertz CT molecular complexity index is 805. The summed E-state index contributed by atoms with van der Waals surface area (Å²) in [6, 6.07) is 8.09. The van der Waals surface area contributed by atoms with E-state index >= 15 is 0 Å². The zero-order valence-electron chi connectivity index (χ0n) is 15.8.